The molecule has 1 N–H and O–H groups in total. The maximum atomic E-state index is 4.90. The molecule has 3 heterocycles. The number of hydrogen-bond acceptors (Lipinski definition) is 3. The fraction of sp³-hybridized carbons (Fsp3) is 0.500. The molecule has 0 amide bonds. The predicted molar refractivity (Wildman–Crippen MR) is 76.0 cm³/mol. The minimum absolute atomic E-state index is 0.875. The average molecular weight is 261 g/mol. The van der Waals surface area contributed by atoms with Crippen molar-refractivity contribution in [1.82, 2.24) is 14.9 Å². The number of aromatic nitrogens is 2. The number of fused-ring (bicyclic) bond motifs is 1. The summed E-state index contributed by atoms with van der Waals surface area (Å²) in [6.45, 7) is 4.17. The Kier molecular flexibility index (Phi) is 3.22. The van der Waals surface area contributed by atoms with Gasteiger partial charge < -0.3 is 9.88 Å². The van der Waals surface area contributed by atoms with Crippen LogP contribution >= 0.6 is 11.3 Å². The molecule has 18 heavy (non-hydrogen) atoms. The number of thiophene rings is 1. The van der Waals surface area contributed by atoms with Crippen LogP contribution in [0.5, 0.6) is 0 Å². The highest BCUT2D eigenvalue weighted by Gasteiger charge is 2.21. The van der Waals surface area contributed by atoms with Gasteiger partial charge in [-0.2, -0.15) is 0 Å². The molecule has 0 unspecified atom stereocenters. The zero-order chi connectivity index (χ0) is 12.5. The summed E-state index contributed by atoms with van der Waals surface area (Å²) in [4.78, 5) is 6.23. The molecule has 2 aromatic rings. The van der Waals surface area contributed by atoms with E-state index in [9.17, 15) is 0 Å². The van der Waals surface area contributed by atoms with E-state index in [0.29, 0.717) is 0 Å². The monoisotopic (exact) mass is 261 g/mol. The summed E-state index contributed by atoms with van der Waals surface area (Å²) in [6, 6.07) is 2.18. The number of aryl methyl sites for hydroxylation is 1. The third kappa shape index (κ3) is 1.89. The highest BCUT2D eigenvalue weighted by atomic mass is 32.1. The quantitative estimate of drug-likeness (QED) is 0.920. The Morgan fingerprint density at radius 2 is 2.33 bits per heavy atom. The first-order valence-corrected chi connectivity index (χ1v) is 7.46. The van der Waals surface area contributed by atoms with E-state index in [1.807, 2.05) is 7.05 Å². The first kappa shape index (κ1) is 11.9. The zero-order valence-electron chi connectivity index (χ0n) is 11.0. The lowest BCUT2D eigenvalue weighted by Gasteiger charge is -2.17. The average Bonchev–Trinajstić information content (AvgIpc) is 2.95. The lowest BCUT2D eigenvalue weighted by molar-refractivity contribution is 0.532. The number of nitrogens with one attached hydrogen (secondary N) is 1. The smallest absolute Gasteiger partial charge is 0.150 e. The molecule has 0 aliphatic carbocycles. The third-order valence-electron chi connectivity index (χ3n) is 3.61. The molecular formula is C14H19N3S. The highest BCUT2D eigenvalue weighted by molar-refractivity contribution is 7.13. The normalized spacial score (nSPS) is 14.8. The standard InChI is InChI=1S/C14H19N3S/c1-10-6-8-18-13(10)14-16-11(9-15-2)12-5-3-4-7-17(12)14/h6,8,15H,3-5,7,9H2,1-2H3. The van der Waals surface area contributed by atoms with Gasteiger partial charge in [0.25, 0.3) is 0 Å². The topological polar surface area (TPSA) is 29.9 Å². The molecule has 2 aromatic heterocycles. The summed E-state index contributed by atoms with van der Waals surface area (Å²) in [5.41, 5.74) is 4.02. The van der Waals surface area contributed by atoms with Crippen molar-refractivity contribution in [2.75, 3.05) is 7.05 Å². The molecule has 0 atom stereocenters. The lowest BCUT2D eigenvalue weighted by atomic mass is 10.1. The molecule has 0 aromatic carbocycles. The molecule has 0 saturated heterocycles. The molecular weight excluding hydrogens is 242 g/mol. The van der Waals surface area contributed by atoms with Crippen LogP contribution in [0.4, 0.5) is 0 Å². The predicted octanol–water partition coefficient (Wildman–Crippen LogP) is 2.98. The van der Waals surface area contributed by atoms with Gasteiger partial charge in [0.15, 0.2) is 5.82 Å². The largest absolute Gasteiger partial charge is 0.327 e. The molecule has 3 rings (SSSR count). The zero-order valence-corrected chi connectivity index (χ0v) is 11.8. The first-order chi connectivity index (χ1) is 8.81. The van der Waals surface area contributed by atoms with Gasteiger partial charge in [0.2, 0.25) is 0 Å². The van der Waals surface area contributed by atoms with Crippen molar-refractivity contribution < 1.29 is 0 Å². The number of hydrogen-bond donors (Lipinski definition) is 1. The van der Waals surface area contributed by atoms with Crippen LogP contribution in [0.1, 0.15) is 29.8 Å². The third-order valence-corrected chi connectivity index (χ3v) is 4.62. The van der Waals surface area contributed by atoms with Gasteiger partial charge in [0, 0.05) is 18.8 Å². The lowest BCUT2D eigenvalue weighted by Crippen LogP contribution is -2.14. The van der Waals surface area contributed by atoms with Crippen molar-refractivity contribution in [3.8, 4) is 10.7 Å². The highest BCUT2D eigenvalue weighted by Crippen LogP contribution is 2.32. The van der Waals surface area contributed by atoms with Crippen LogP contribution in [-0.4, -0.2) is 16.6 Å². The summed E-state index contributed by atoms with van der Waals surface area (Å²) in [5.74, 6) is 1.18. The SMILES string of the molecule is CNCc1nc(-c2sccc2C)n2c1CCCC2. The van der Waals surface area contributed by atoms with Gasteiger partial charge in [-0.3, -0.25) is 0 Å². The second-order valence-corrected chi connectivity index (χ2v) is 5.82. The molecule has 1 aliphatic rings. The molecule has 0 spiro atoms. The summed E-state index contributed by atoms with van der Waals surface area (Å²) >= 11 is 1.80. The molecule has 0 bridgehead atoms. The Bertz CT molecular complexity index is 553. The molecule has 4 heteroatoms. The second-order valence-electron chi connectivity index (χ2n) is 4.90. The second kappa shape index (κ2) is 4.86. The van der Waals surface area contributed by atoms with Crippen LogP contribution in [0, 0.1) is 6.92 Å². The van der Waals surface area contributed by atoms with Crippen LogP contribution in [0.3, 0.4) is 0 Å². The van der Waals surface area contributed by atoms with Crippen molar-refractivity contribution in [3.05, 3.63) is 28.4 Å². The van der Waals surface area contributed by atoms with Gasteiger partial charge in [-0.15, -0.1) is 11.3 Å². The van der Waals surface area contributed by atoms with Gasteiger partial charge in [-0.05, 0) is 50.2 Å². The van der Waals surface area contributed by atoms with E-state index in [0.717, 1.165) is 13.1 Å². The fourth-order valence-corrected chi connectivity index (χ4v) is 3.63. The van der Waals surface area contributed by atoms with Crippen molar-refractivity contribution in [2.45, 2.75) is 39.3 Å². The summed E-state index contributed by atoms with van der Waals surface area (Å²) in [7, 11) is 1.99. The Morgan fingerprint density at radius 1 is 1.44 bits per heavy atom. The van der Waals surface area contributed by atoms with E-state index in [1.165, 1.54) is 46.9 Å². The van der Waals surface area contributed by atoms with Crippen molar-refractivity contribution >= 4 is 11.3 Å². The van der Waals surface area contributed by atoms with Gasteiger partial charge in [0.05, 0.1) is 10.6 Å². The van der Waals surface area contributed by atoms with Gasteiger partial charge in [-0.1, -0.05) is 0 Å². The van der Waals surface area contributed by atoms with Gasteiger partial charge in [0.1, 0.15) is 0 Å². The molecule has 0 fully saturated rings. The Balaban J connectivity index is 2.12. The van der Waals surface area contributed by atoms with Crippen LogP contribution in [0.2, 0.25) is 0 Å². The minimum atomic E-state index is 0.875. The van der Waals surface area contributed by atoms with Crippen molar-refractivity contribution in [3.63, 3.8) is 0 Å². The Morgan fingerprint density at radius 3 is 3.06 bits per heavy atom. The van der Waals surface area contributed by atoms with E-state index < -0.39 is 0 Å². The Labute approximate surface area is 112 Å². The van der Waals surface area contributed by atoms with Gasteiger partial charge >= 0.3 is 0 Å². The van der Waals surface area contributed by atoms with Crippen LogP contribution in [-0.2, 0) is 19.5 Å². The first-order valence-electron chi connectivity index (χ1n) is 6.58. The van der Waals surface area contributed by atoms with Crippen LogP contribution in [0.15, 0.2) is 11.4 Å². The summed E-state index contributed by atoms with van der Waals surface area (Å²) in [6.07, 6.45) is 3.75. The van der Waals surface area contributed by atoms with E-state index in [2.05, 4.69) is 28.3 Å². The summed E-state index contributed by atoms with van der Waals surface area (Å²) in [5, 5.41) is 5.39. The number of rotatable bonds is 3. The minimum Gasteiger partial charge on any atom is -0.327 e. The van der Waals surface area contributed by atoms with Crippen molar-refractivity contribution in [1.29, 1.82) is 0 Å². The van der Waals surface area contributed by atoms with Crippen LogP contribution in [0.25, 0.3) is 10.7 Å². The van der Waals surface area contributed by atoms with Gasteiger partial charge in [-0.25, -0.2) is 4.98 Å². The molecule has 96 valence electrons. The van der Waals surface area contributed by atoms with E-state index in [1.54, 1.807) is 11.3 Å². The molecule has 3 nitrogen and oxygen atoms in total. The molecule has 0 radical (unpaired) electrons. The maximum Gasteiger partial charge on any atom is 0.150 e. The Hall–Kier alpha value is -1.13. The van der Waals surface area contributed by atoms with E-state index in [-0.39, 0.29) is 0 Å². The van der Waals surface area contributed by atoms with Crippen LogP contribution < -0.4 is 5.32 Å². The van der Waals surface area contributed by atoms with E-state index >= 15 is 0 Å². The van der Waals surface area contributed by atoms with E-state index in [4.69, 9.17) is 4.98 Å². The summed E-state index contributed by atoms with van der Waals surface area (Å²) < 4.78 is 2.44. The van der Waals surface area contributed by atoms with Crippen molar-refractivity contribution in [2.24, 2.45) is 0 Å². The molecule has 1 aliphatic heterocycles. The fourth-order valence-electron chi connectivity index (χ4n) is 2.70. The molecule has 0 saturated carbocycles. The number of imidazole rings is 1. The number of nitrogens with zero attached hydrogens (tertiary/aromatic N) is 2. The maximum absolute atomic E-state index is 4.90.